The summed E-state index contributed by atoms with van der Waals surface area (Å²) in [5.74, 6) is 0. The van der Waals surface area contributed by atoms with Crippen LogP contribution in [0.2, 0.25) is 0 Å². The Kier molecular flexibility index (Phi) is 12.2. The van der Waals surface area contributed by atoms with Gasteiger partial charge in [-0.15, -0.1) is 0 Å². The fraction of sp³-hybridized carbons (Fsp3) is 0.583. The minimum absolute atomic E-state index is 0. The van der Waals surface area contributed by atoms with Gasteiger partial charge in [0.2, 0.25) is 0 Å². The predicted octanol–water partition coefficient (Wildman–Crippen LogP) is 6.75. The van der Waals surface area contributed by atoms with Crippen LogP contribution in [0.3, 0.4) is 0 Å². The molecule has 0 saturated carbocycles. The summed E-state index contributed by atoms with van der Waals surface area (Å²) in [6, 6.07) is 7.11. The fourth-order valence-corrected chi connectivity index (χ4v) is 3.82. The third-order valence-electron chi connectivity index (χ3n) is 5.26. The minimum atomic E-state index is 0. The summed E-state index contributed by atoms with van der Waals surface area (Å²) in [4.78, 5) is 0. The number of hydrogen-bond donors (Lipinski definition) is 0. The molecule has 0 aliphatic heterocycles. The van der Waals surface area contributed by atoms with E-state index in [2.05, 4.69) is 66.7 Å². The topological polar surface area (TPSA) is 0 Å². The van der Waals surface area contributed by atoms with Gasteiger partial charge < -0.3 is 28.3 Å². The molecule has 0 aliphatic carbocycles. The van der Waals surface area contributed by atoms with Crippen molar-refractivity contribution < 1.29 is 17.1 Å². The van der Waals surface area contributed by atoms with E-state index in [1.165, 1.54) is 50.5 Å². The van der Waals surface area contributed by atoms with E-state index in [0.717, 1.165) is 0 Å². The molecule has 0 heterocycles. The van der Waals surface area contributed by atoms with Crippen LogP contribution in [0, 0.1) is 0 Å². The van der Waals surface area contributed by atoms with E-state index in [9.17, 15) is 0 Å². The second-order valence-corrected chi connectivity index (χ2v) is 6.54. The van der Waals surface area contributed by atoms with Crippen LogP contribution in [0.15, 0.2) is 18.2 Å². The van der Waals surface area contributed by atoms with Gasteiger partial charge in [-0.2, -0.15) is 28.8 Å². The molecule has 148 valence electrons. The minimum Gasteiger partial charge on any atom is -0.742 e. The molecule has 0 spiro atoms. The fourth-order valence-electron chi connectivity index (χ4n) is 3.82. The molecule has 0 aliphatic rings. The van der Waals surface area contributed by atoms with Crippen molar-refractivity contribution in [3.8, 4) is 0 Å². The molecule has 25 heavy (non-hydrogen) atoms. The first kappa shape index (κ1) is 24.2. The molecule has 2 aromatic rings. The molecule has 0 fully saturated rings. The zero-order valence-electron chi connectivity index (χ0n) is 17.5. The van der Waals surface area contributed by atoms with Gasteiger partial charge in [-0.25, -0.2) is 25.7 Å². The van der Waals surface area contributed by atoms with Gasteiger partial charge in [-0.1, -0.05) is 67.7 Å². The Labute approximate surface area is 167 Å². The van der Waals surface area contributed by atoms with E-state index in [0.29, 0.717) is 0 Å². The van der Waals surface area contributed by atoms with Gasteiger partial charge in [-0.3, -0.25) is 0 Å². The molecule has 0 unspecified atom stereocenters. The monoisotopic (exact) mass is 382 g/mol. The summed E-state index contributed by atoms with van der Waals surface area (Å²) in [6.07, 6.45) is 8.32. The van der Waals surface area contributed by atoms with Gasteiger partial charge in [0.25, 0.3) is 0 Å². The third kappa shape index (κ3) is 6.15. The van der Waals surface area contributed by atoms with Gasteiger partial charge in [0.05, 0.1) is 0 Å². The quantitative estimate of drug-likeness (QED) is 0.367. The standard InChI is InChI=1S/C13H21.C11H17.Fe/c1-5-10-9-11(6-2)13(8-4)12(10)7-3;1-4-9-7-10(5-2)11(6-3)8-9;/h9H,5-8H2,1-4H3;7-8H,4-6H2,1-3H3;/q-5;-1;. The van der Waals surface area contributed by atoms with Crippen molar-refractivity contribution >= 4 is 0 Å². The molecule has 1 heteroatoms. The van der Waals surface area contributed by atoms with Crippen molar-refractivity contribution in [1.82, 2.24) is 0 Å². The van der Waals surface area contributed by atoms with Crippen LogP contribution in [0.25, 0.3) is 0 Å². The van der Waals surface area contributed by atoms with Crippen molar-refractivity contribution in [2.45, 2.75) is 93.4 Å². The Morgan fingerprint density at radius 1 is 0.640 bits per heavy atom. The third-order valence-corrected chi connectivity index (χ3v) is 5.26. The van der Waals surface area contributed by atoms with Crippen LogP contribution in [0.5, 0.6) is 0 Å². The zero-order valence-corrected chi connectivity index (χ0v) is 18.6. The van der Waals surface area contributed by atoms with Gasteiger partial charge in [0.15, 0.2) is 0 Å². The Morgan fingerprint density at radius 3 is 1.28 bits per heavy atom. The van der Waals surface area contributed by atoms with E-state index < -0.39 is 0 Å². The molecule has 2 rings (SSSR count). The Hall–Kier alpha value is -0.781. The predicted molar refractivity (Wildman–Crippen MR) is 110 cm³/mol. The van der Waals surface area contributed by atoms with E-state index in [1.54, 1.807) is 33.4 Å². The molecule has 0 aromatic heterocycles. The zero-order chi connectivity index (χ0) is 18.1. The van der Waals surface area contributed by atoms with Crippen LogP contribution < -0.4 is 0 Å². The normalized spacial score (nSPS) is 10.2. The number of hydrogen-bond acceptors (Lipinski definition) is 0. The van der Waals surface area contributed by atoms with Gasteiger partial charge in [-0.05, 0) is 0 Å². The molecule has 2 aromatic carbocycles. The van der Waals surface area contributed by atoms with Crippen LogP contribution in [-0.4, -0.2) is 0 Å². The molecule has 0 nitrogen and oxygen atoms in total. The molecule has 0 radical (unpaired) electrons. The van der Waals surface area contributed by atoms with Crippen LogP contribution in [-0.2, 0) is 62.0 Å². The van der Waals surface area contributed by atoms with E-state index in [4.69, 9.17) is 0 Å². The average molecular weight is 382 g/mol. The smallest absolute Gasteiger partial charge is 0 e. The number of rotatable bonds is 7. The first-order chi connectivity index (χ1) is 11.6. The molecule has 0 bridgehead atoms. The van der Waals surface area contributed by atoms with Gasteiger partial charge in [0.1, 0.15) is 0 Å². The Bertz CT molecular complexity index is 550. The molecule has 0 saturated heterocycles. The maximum atomic E-state index is 2.41. The molecule has 0 N–H and O–H groups in total. The van der Waals surface area contributed by atoms with Crippen molar-refractivity contribution in [3.63, 3.8) is 0 Å². The number of aryl methyl sites for hydroxylation is 5. The SMILES string of the molecule is CC[c-]1[cH-][c-](CC)[c-](CC)[c-]1CC.CCc1c[c-](CC)cc1CC.[Fe]. The molecule has 0 atom stereocenters. The van der Waals surface area contributed by atoms with Gasteiger partial charge in [0, 0.05) is 17.1 Å². The first-order valence-electron chi connectivity index (χ1n) is 10.2. The summed E-state index contributed by atoms with van der Waals surface area (Å²) in [6.45, 7) is 15.7. The summed E-state index contributed by atoms with van der Waals surface area (Å²) in [5.41, 5.74) is 11.0. The van der Waals surface area contributed by atoms with Crippen molar-refractivity contribution in [3.05, 3.63) is 57.1 Å². The maximum absolute atomic E-state index is 2.41. The van der Waals surface area contributed by atoms with Crippen molar-refractivity contribution in [2.75, 3.05) is 0 Å². The molecular formula is C24H38Fe-6. The summed E-state index contributed by atoms with van der Waals surface area (Å²) in [5, 5.41) is 0. The molecule has 0 amide bonds. The van der Waals surface area contributed by atoms with Crippen molar-refractivity contribution in [1.29, 1.82) is 0 Å². The summed E-state index contributed by atoms with van der Waals surface area (Å²) >= 11 is 0. The average Bonchev–Trinajstić information content (AvgIpc) is 3.21. The second-order valence-electron chi connectivity index (χ2n) is 6.54. The van der Waals surface area contributed by atoms with Crippen LogP contribution in [0.1, 0.15) is 87.4 Å². The summed E-state index contributed by atoms with van der Waals surface area (Å²) in [7, 11) is 0. The van der Waals surface area contributed by atoms with Crippen LogP contribution >= 0.6 is 0 Å². The largest absolute Gasteiger partial charge is 0.742 e. The Morgan fingerprint density at radius 2 is 1.04 bits per heavy atom. The van der Waals surface area contributed by atoms with E-state index in [-0.39, 0.29) is 17.1 Å². The van der Waals surface area contributed by atoms with E-state index in [1.807, 2.05) is 0 Å². The maximum Gasteiger partial charge on any atom is 0 e. The van der Waals surface area contributed by atoms with Crippen LogP contribution in [0.4, 0.5) is 0 Å². The van der Waals surface area contributed by atoms with E-state index >= 15 is 0 Å². The van der Waals surface area contributed by atoms with Gasteiger partial charge >= 0.3 is 0 Å². The molecular weight excluding hydrogens is 344 g/mol. The van der Waals surface area contributed by atoms with Crippen molar-refractivity contribution in [2.24, 2.45) is 0 Å². The summed E-state index contributed by atoms with van der Waals surface area (Å²) < 4.78 is 0. The Balaban J connectivity index is 0.000000449. The first-order valence-corrected chi connectivity index (χ1v) is 10.2. The second kappa shape index (κ2) is 12.6.